The van der Waals surface area contributed by atoms with Crippen molar-refractivity contribution in [2.24, 2.45) is 0 Å². The van der Waals surface area contributed by atoms with E-state index in [0.29, 0.717) is 17.7 Å². The molecule has 32 heavy (non-hydrogen) atoms. The van der Waals surface area contributed by atoms with E-state index in [4.69, 9.17) is 23.7 Å². The smallest absolute Gasteiger partial charge is 0.238 e. The molecule has 0 aliphatic carbocycles. The molecule has 3 aliphatic heterocycles. The maximum absolute atomic E-state index is 13.7. The molecule has 9 nitrogen and oxygen atoms in total. The summed E-state index contributed by atoms with van der Waals surface area (Å²) in [5.41, 5.74) is -1.20. The highest BCUT2D eigenvalue weighted by Gasteiger charge is 2.61. The minimum atomic E-state index is -2.35. The van der Waals surface area contributed by atoms with Crippen molar-refractivity contribution in [1.82, 2.24) is 0 Å². The minimum absolute atomic E-state index is 0.0251. The van der Waals surface area contributed by atoms with Gasteiger partial charge < -0.3 is 39.0 Å². The number of carbonyl (C=O) groups excluding carboxylic acids is 1. The van der Waals surface area contributed by atoms with Gasteiger partial charge >= 0.3 is 0 Å². The molecular weight excluding hydrogens is 420 g/mol. The SMILES string of the molecule is C=C(C)[C@@H]1Cc2c(cc(O)c3c2O[C@@H]2[C@@H](O)Oc4cc(OC)c(OC)cc4[C@]2(O)C3=O)O1. The molecule has 0 unspecified atom stereocenters. The van der Waals surface area contributed by atoms with E-state index < -0.39 is 29.5 Å². The third kappa shape index (κ3) is 2.55. The van der Waals surface area contributed by atoms with Gasteiger partial charge in [-0.15, -0.1) is 0 Å². The summed E-state index contributed by atoms with van der Waals surface area (Å²) < 4.78 is 27.9. The number of rotatable bonds is 3. The van der Waals surface area contributed by atoms with Gasteiger partial charge in [-0.3, -0.25) is 4.79 Å². The van der Waals surface area contributed by atoms with Crippen molar-refractivity contribution in [2.75, 3.05) is 14.2 Å². The summed E-state index contributed by atoms with van der Waals surface area (Å²) in [5.74, 6) is -0.276. The van der Waals surface area contributed by atoms with Gasteiger partial charge in [0.25, 0.3) is 0 Å². The van der Waals surface area contributed by atoms with Crippen molar-refractivity contribution < 1.29 is 43.8 Å². The summed E-state index contributed by atoms with van der Waals surface area (Å²) >= 11 is 0. The number of carbonyl (C=O) groups is 1. The number of hydrogen-bond acceptors (Lipinski definition) is 9. The van der Waals surface area contributed by atoms with E-state index in [0.717, 1.165) is 5.57 Å². The molecule has 2 aromatic rings. The average molecular weight is 442 g/mol. The van der Waals surface area contributed by atoms with E-state index in [1.807, 2.05) is 6.92 Å². The Hall–Kier alpha value is -3.43. The number of aliphatic hydroxyl groups is 2. The zero-order chi connectivity index (χ0) is 22.9. The summed E-state index contributed by atoms with van der Waals surface area (Å²) in [5, 5.41) is 33.0. The van der Waals surface area contributed by atoms with Crippen molar-refractivity contribution in [2.45, 2.75) is 37.4 Å². The van der Waals surface area contributed by atoms with Crippen molar-refractivity contribution in [1.29, 1.82) is 0 Å². The Morgan fingerprint density at radius 3 is 2.47 bits per heavy atom. The Morgan fingerprint density at radius 2 is 1.81 bits per heavy atom. The fraction of sp³-hybridized carbons (Fsp3) is 0.348. The van der Waals surface area contributed by atoms with E-state index in [9.17, 15) is 20.1 Å². The van der Waals surface area contributed by atoms with Crippen LogP contribution in [0.5, 0.6) is 34.5 Å². The molecule has 5 rings (SSSR count). The first-order valence-corrected chi connectivity index (χ1v) is 9.96. The topological polar surface area (TPSA) is 124 Å². The van der Waals surface area contributed by atoms with Gasteiger partial charge in [0.1, 0.15) is 34.7 Å². The first kappa shape index (κ1) is 20.5. The fourth-order valence-electron chi connectivity index (χ4n) is 4.49. The van der Waals surface area contributed by atoms with Gasteiger partial charge in [0.15, 0.2) is 17.1 Å². The highest BCUT2D eigenvalue weighted by Crippen LogP contribution is 2.54. The number of aromatic hydroxyl groups is 1. The first-order valence-electron chi connectivity index (χ1n) is 9.96. The number of aliphatic hydroxyl groups excluding tert-OH is 1. The van der Waals surface area contributed by atoms with Gasteiger partial charge in [-0.1, -0.05) is 6.58 Å². The molecule has 0 spiro atoms. The van der Waals surface area contributed by atoms with Crippen LogP contribution in [0.3, 0.4) is 0 Å². The maximum atomic E-state index is 13.7. The molecule has 0 amide bonds. The van der Waals surface area contributed by atoms with Crippen LogP contribution in [-0.4, -0.2) is 53.8 Å². The van der Waals surface area contributed by atoms with E-state index in [1.165, 1.54) is 32.4 Å². The van der Waals surface area contributed by atoms with Crippen LogP contribution in [0.25, 0.3) is 0 Å². The summed E-state index contributed by atoms with van der Waals surface area (Å²) in [6.07, 6.45) is -3.16. The van der Waals surface area contributed by atoms with E-state index in [-0.39, 0.29) is 40.2 Å². The minimum Gasteiger partial charge on any atom is -0.507 e. The normalized spacial score (nSPS) is 27.0. The number of ether oxygens (including phenoxy) is 5. The average Bonchev–Trinajstić information content (AvgIpc) is 3.19. The zero-order valence-corrected chi connectivity index (χ0v) is 17.7. The van der Waals surface area contributed by atoms with Gasteiger partial charge in [0.05, 0.1) is 14.2 Å². The molecule has 3 N–H and O–H groups in total. The Kier molecular flexibility index (Phi) is 4.34. The number of hydrogen-bond donors (Lipinski definition) is 3. The molecule has 0 fully saturated rings. The number of Topliss-reactive ketones (excluding diaryl/α,β-unsaturated/α-hetero) is 1. The zero-order valence-electron chi connectivity index (χ0n) is 17.7. The molecule has 0 bridgehead atoms. The Morgan fingerprint density at radius 1 is 1.12 bits per heavy atom. The lowest BCUT2D eigenvalue weighted by Gasteiger charge is -2.45. The van der Waals surface area contributed by atoms with Crippen LogP contribution >= 0.6 is 0 Å². The van der Waals surface area contributed by atoms with Crippen molar-refractivity contribution >= 4 is 5.78 Å². The third-order valence-electron chi connectivity index (χ3n) is 6.16. The summed E-state index contributed by atoms with van der Waals surface area (Å²) in [6, 6.07) is 4.12. The molecule has 2 aromatic carbocycles. The largest absolute Gasteiger partial charge is 0.507 e. The molecule has 3 aliphatic rings. The van der Waals surface area contributed by atoms with Crippen LogP contribution in [0, 0.1) is 0 Å². The molecule has 168 valence electrons. The second-order valence-corrected chi connectivity index (χ2v) is 8.08. The molecule has 0 aromatic heterocycles. The number of benzene rings is 2. The second kappa shape index (κ2) is 6.78. The molecule has 0 saturated carbocycles. The summed E-state index contributed by atoms with van der Waals surface area (Å²) in [6.45, 7) is 5.71. The Balaban J connectivity index is 1.70. The monoisotopic (exact) mass is 442 g/mol. The van der Waals surface area contributed by atoms with Gasteiger partial charge in [-0.2, -0.15) is 0 Å². The van der Waals surface area contributed by atoms with Crippen LogP contribution in [0.4, 0.5) is 0 Å². The number of phenolic OH excluding ortho intramolecular Hbond substituents is 1. The molecular formula is C23H22O9. The molecule has 0 radical (unpaired) electrons. The van der Waals surface area contributed by atoms with Gasteiger partial charge in [-0.25, -0.2) is 0 Å². The number of methoxy groups -OCH3 is 2. The quantitative estimate of drug-likeness (QED) is 0.611. The molecule has 9 heteroatoms. The van der Waals surface area contributed by atoms with Crippen molar-refractivity contribution in [3.63, 3.8) is 0 Å². The van der Waals surface area contributed by atoms with Gasteiger partial charge in [0.2, 0.25) is 18.2 Å². The maximum Gasteiger partial charge on any atom is 0.238 e. The highest BCUT2D eigenvalue weighted by molar-refractivity contribution is 6.09. The van der Waals surface area contributed by atoms with Crippen LogP contribution in [0.2, 0.25) is 0 Å². The summed E-state index contributed by atoms with van der Waals surface area (Å²) in [7, 11) is 2.83. The van der Waals surface area contributed by atoms with Crippen molar-refractivity contribution in [3.05, 3.63) is 47.0 Å². The highest BCUT2D eigenvalue weighted by atomic mass is 16.6. The fourth-order valence-corrected chi connectivity index (χ4v) is 4.49. The summed E-state index contributed by atoms with van der Waals surface area (Å²) in [4.78, 5) is 13.7. The molecule has 3 heterocycles. The first-order chi connectivity index (χ1) is 15.2. The van der Waals surface area contributed by atoms with Crippen LogP contribution in [0.15, 0.2) is 30.4 Å². The second-order valence-electron chi connectivity index (χ2n) is 8.08. The van der Waals surface area contributed by atoms with E-state index in [1.54, 1.807) is 0 Å². The Labute approximate surface area is 183 Å². The van der Waals surface area contributed by atoms with Gasteiger partial charge in [-0.05, 0) is 18.6 Å². The standard InChI is InChI=1S/C23H22O9/c1-9(2)13-5-10-14(30-13)7-12(24)18-19(10)32-21-22(26)31-15-8-17(29-4)16(28-3)6-11(15)23(21,27)20(18)25/h6-8,13,21-22,24,26-27H,1,5H2,2-4H3/t13-,21+,22-,23-/m0/s1. The lowest BCUT2D eigenvalue weighted by molar-refractivity contribution is -0.179. The van der Waals surface area contributed by atoms with Crippen LogP contribution < -0.4 is 23.7 Å². The predicted octanol–water partition coefficient (Wildman–Crippen LogP) is 1.83. The van der Waals surface area contributed by atoms with E-state index >= 15 is 0 Å². The van der Waals surface area contributed by atoms with E-state index in [2.05, 4.69) is 6.58 Å². The molecule has 0 saturated heterocycles. The molecule has 4 atom stereocenters. The lowest BCUT2D eigenvalue weighted by atomic mass is 9.76. The number of fused-ring (bicyclic) bond motifs is 6. The predicted molar refractivity (Wildman–Crippen MR) is 110 cm³/mol. The number of phenols is 1. The van der Waals surface area contributed by atoms with Crippen LogP contribution in [0.1, 0.15) is 28.4 Å². The van der Waals surface area contributed by atoms with Crippen molar-refractivity contribution in [3.8, 4) is 34.5 Å². The van der Waals surface area contributed by atoms with Gasteiger partial charge in [0, 0.05) is 29.7 Å². The number of ketones is 1. The lowest BCUT2D eigenvalue weighted by Crippen LogP contribution is -2.61. The third-order valence-corrected chi connectivity index (χ3v) is 6.16. The van der Waals surface area contributed by atoms with Crippen LogP contribution in [-0.2, 0) is 12.0 Å². The Bertz CT molecular complexity index is 1170.